The lowest BCUT2D eigenvalue weighted by Crippen LogP contribution is -2.34. The zero-order chi connectivity index (χ0) is 14.7. The quantitative estimate of drug-likeness (QED) is 0.916. The molecular formula is C16H22N4O. The van der Waals surface area contributed by atoms with Gasteiger partial charge in [-0.25, -0.2) is 0 Å². The van der Waals surface area contributed by atoms with E-state index in [1.807, 2.05) is 18.2 Å². The number of nitrogens with one attached hydrogen (secondary N) is 1. The summed E-state index contributed by atoms with van der Waals surface area (Å²) < 4.78 is 7.70. The number of hydrogen-bond acceptors (Lipinski definition) is 4. The second-order valence-electron chi connectivity index (χ2n) is 5.41. The number of methoxy groups -OCH3 is 1. The molecule has 1 aliphatic rings. The van der Waals surface area contributed by atoms with E-state index in [9.17, 15) is 0 Å². The molecule has 0 fully saturated rings. The van der Waals surface area contributed by atoms with Crippen LogP contribution in [0, 0.1) is 0 Å². The third-order valence-corrected chi connectivity index (χ3v) is 4.01. The van der Waals surface area contributed by atoms with E-state index in [1.54, 1.807) is 7.11 Å². The Kier molecular flexibility index (Phi) is 4.20. The lowest BCUT2D eigenvalue weighted by Gasteiger charge is -2.24. The lowest BCUT2D eigenvalue weighted by atomic mass is 10.1. The van der Waals surface area contributed by atoms with E-state index in [0.717, 1.165) is 55.3 Å². The minimum absolute atomic E-state index is 0.336. The average molecular weight is 286 g/mol. The zero-order valence-electron chi connectivity index (χ0n) is 12.7. The zero-order valence-corrected chi connectivity index (χ0v) is 12.7. The monoisotopic (exact) mass is 286 g/mol. The molecule has 0 saturated carbocycles. The van der Waals surface area contributed by atoms with Crippen molar-refractivity contribution in [3.8, 4) is 5.75 Å². The molecule has 0 saturated heterocycles. The molecule has 0 aliphatic carbocycles. The number of hydrogen-bond donors (Lipinski definition) is 1. The number of fused-ring (bicyclic) bond motifs is 1. The van der Waals surface area contributed by atoms with Crippen molar-refractivity contribution < 1.29 is 4.74 Å². The highest BCUT2D eigenvalue weighted by Crippen LogP contribution is 2.24. The number of nitrogens with zero attached hydrogens (tertiary/aromatic N) is 3. The molecule has 0 bridgehead atoms. The van der Waals surface area contributed by atoms with Crippen LogP contribution in [0.4, 0.5) is 0 Å². The first-order valence-electron chi connectivity index (χ1n) is 7.60. The van der Waals surface area contributed by atoms with Gasteiger partial charge in [-0.1, -0.05) is 31.5 Å². The number of aromatic nitrogens is 3. The predicted octanol–water partition coefficient (Wildman–Crippen LogP) is 2.32. The minimum atomic E-state index is 0.336. The maximum atomic E-state index is 5.43. The molecule has 5 heteroatoms. The van der Waals surface area contributed by atoms with Crippen molar-refractivity contribution >= 4 is 0 Å². The topological polar surface area (TPSA) is 52.0 Å². The van der Waals surface area contributed by atoms with Gasteiger partial charge in [0, 0.05) is 25.1 Å². The van der Waals surface area contributed by atoms with Gasteiger partial charge in [0.15, 0.2) is 0 Å². The van der Waals surface area contributed by atoms with E-state index in [4.69, 9.17) is 4.74 Å². The van der Waals surface area contributed by atoms with E-state index in [2.05, 4.69) is 33.1 Å². The van der Waals surface area contributed by atoms with Gasteiger partial charge in [-0.2, -0.15) is 0 Å². The van der Waals surface area contributed by atoms with Crippen LogP contribution in [0.2, 0.25) is 0 Å². The molecule has 1 unspecified atom stereocenters. The van der Waals surface area contributed by atoms with Crippen LogP contribution in [-0.4, -0.2) is 28.4 Å². The van der Waals surface area contributed by atoms with Crippen LogP contribution in [0.1, 0.15) is 43.0 Å². The maximum Gasteiger partial charge on any atom is 0.150 e. The Morgan fingerprint density at radius 2 is 2.19 bits per heavy atom. The van der Waals surface area contributed by atoms with Crippen molar-refractivity contribution in [2.45, 2.75) is 38.8 Å². The normalized spacial score (nSPS) is 17.5. The van der Waals surface area contributed by atoms with Crippen molar-refractivity contribution in [1.29, 1.82) is 0 Å². The Morgan fingerprint density at radius 1 is 1.33 bits per heavy atom. The Hall–Kier alpha value is -1.88. The van der Waals surface area contributed by atoms with Crippen LogP contribution < -0.4 is 10.1 Å². The van der Waals surface area contributed by atoms with Gasteiger partial charge in [-0.3, -0.25) is 0 Å². The summed E-state index contributed by atoms with van der Waals surface area (Å²) >= 11 is 0. The first-order chi connectivity index (χ1) is 10.3. The molecule has 2 aromatic rings. The van der Waals surface area contributed by atoms with Crippen LogP contribution in [0.5, 0.6) is 5.75 Å². The van der Waals surface area contributed by atoms with Gasteiger partial charge < -0.3 is 14.6 Å². The smallest absolute Gasteiger partial charge is 0.150 e. The van der Waals surface area contributed by atoms with Gasteiger partial charge in [-0.05, 0) is 12.5 Å². The van der Waals surface area contributed by atoms with Gasteiger partial charge in [0.2, 0.25) is 0 Å². The van der Waals surface area contributed by atoms with Crippen molar-refractivity contribution in [3.63, 3.8) is 0 Å². The summed E-state index contributed by atoms with van der Waals surface area (Å²) in [4.78, 5) is 0. The van der Waals surface area contributed by atoms with Crippen LogP contribution in [0.15, 0.2) is 24.3 Å². The van der Waals surface area contributed by atoms with E-state index in [1.165, 1.54) is 0 Å². The highest BCUT2D eigenvalue weighted by molar-refractivity contribution is 5.35. The van der Waals surface area contributed by atoms with Gasteiger partial charge in [0.05, 0.1) is 13.2 Å². The first-order valence-corrected chi connectivity index (χ1v) is 7.60. The Balaban J connectivity index is 1.87. The fraction of sp³-hybridized carbons (Fsp3) is 0.500. The van der Waals surface area contributed by atoms with E-state index < -0.39 is 0 Å². The van der Waals surface area contributed by atoms with Gasteiger partial charge in [0.1, 0.15) is 17.4 Å². The summed E-state index contributed by atoms with van der Waals surface area (Å²) in [6.45, 7) is 4.12. The lowest BCUT2D eigenvalue weighted by molar-refractivity contribution is 0.387. The number of rotatable bonds is 5. The summed E-state index contributed by atoms with van der Waals surface area (Å²) in [5, 5.41) is 12.4. The molecule has 1 aliphatic heterocycles. The molecule has 1 aromatic heterocycles. The summed E-state index contributed by atoms with van der Waals surface area (Å²) in [5.41, 5.74) is 1.15. The van der Waals surface area contributed by atoms with E-state index >= 15 is 0 Å². The fourth-order valence-electron chi connectivity index (χ4n) is 2.96. The van der Waals surface area contributed by atoms with Crippen LogP contribution in [-0.2, 0) is 13.0 Å². The second-order valence-corrected chi connectivity index (χ2v) is 5.41. The average Bonchev–Trinajstić information content (AvgIpc) is 2.92. The van der Waals surface area contributed by atoms with Crippen molar-refractivity contribution in [1.82, 2.24) is 20.1 Å². The Morgan fingerprint density at radius 3 is 3.00 bits per heavy atom. The number of benzene rings is 1. The molecule has 3 rings (SSSR count). The summed E-state index contributed by atoms with van der Waals surface area (Å²) in [6, 6.07) is 8.44. The van der Waals surface area contributed by atoms with E-state index in [-0.39, 0.29) is 0 Å². The molecule has 1 aromatic carbocycles. The highest BCUT2D eigenvalue weighted by Gasteiger charge is 2.24. The largest absolute Gasteiger partial charge is 0.496 e. The van der Waals surface area contributed by atoms with E-state index in [0.29, 0.717) is 6.04 Å². The molecule has 0 radical (unpaired) electrons. The van der Waals surface area contributed by atoms with Crippen molar-refractivity contribution in [3.05, 3.63) is 41.5 Å². The Labute approximate surface area is 125 Å². The molecule has 112 valence electrons. The van der Waals surface area contributed by atoms with Crippen LogP contribution in [0.25, 0.3) is 0 Å². The number of ether oxygens (including phenoxy) is 1. The molecule has 0 spiro atoms. The molecule has 2 heterocycles. The minimum Gasteiger partial charge on any atom is -0.496 e. The first kappa shape index (κ1) is 14.1. The third kappa shape index (κ3) is 2.78. The van der Waals surface area contributed by atoms with Gasteiger partial charge >= 0.3 is 0 Å². The van der Waals surface area contributed by atoms with Gasteiger partial charge in [-0.15, -0.1) is 10.2 Å². The van der Waals surface area contributed by atoms with Crippen LogP contribution >= 0.6 is 0 Å². The molecule has 0 amide bonds. The predicted molar refractivity (Wildman–Crippen MR) is 81.5 cm³/mol. The highest BCUT2D eigenvalue weighted by atomic mass is 16.5. The molecule has 21 heavy (non-hydrogen) atoms. The molecular weight excluding hydrogens is 264 g/mol. The summed E-state index contributed by atoms with van der Waals surface area (Å²) in [5.74, 6) is 3.01. The second kappa shape index (κ2) is 6.26. The molecule has 5 nitrogen and oxygen atoms in total. The SMILES string of the molecule is CCCC1NCCn2c(Cc3ccccc3OC)nnc21. The molecule has 1 atom stereocenters. The van der Waals surface area contributed by atoms with Crippen LogP contribution in [0.3, 0.4) is 0 Å². The summed E-state index contributed by atoms with van der Waals surface area (Å²) in [6.07, 6.45) is 3.01. The summed E-state index contributed by atoms with van der Waals surface area (Å²) in [7, 11) is 1.71. The Bertz CT molecular complexity index is 608. The molecule has 1 N–H and O–H groups in total. The standard InChI is InChI=1S/C16H22N4O/c1-3-6-13-16-19-18-15(20(16)10-9-17-13)11-12-7-4-5-8-14(12)21-2/h4-5,7-8,13,17H,3,6,9-11H2,1-2H3. The third-order valence-electron chi connectivity index (χ3n) is 4.01. The van der Waals surface area contributed by atoms with Gasteiger partial charge in [0.25, 0.3) is 0 Å². The fourth-order valence-corrected chi connectivity index (χ4v) is 2.96. The van der Waals surface area contributed by atoms with Crippen molar-refractivity contribution in [2.24, 2.45) is 0 Å². The number of para-hydroxylation sites is 1. The maximum absolute atomic E-state index is 5.43. The van der Waals surface area contributed by atoms with Crippen molar-refractivity contribution in [2.75, 3.05) is 13.7 Å².